The van der Waals surface area contributed by atoms with Crippen molar-refractivity contribution in [1.29, 1.82) is 0 Å². The summed E-state index contributed by atoms with van der Waals surface area (Å²) < 4.78 is 0.908. The van der Waals surface area contributed by atoms with E-state index in [4.69, 9.17) is 0 Å². The van der Waals surface area contributed by atoms with Crippen molar-refractivity contribution < 1.29 is 21.5 Å². The minimum atomic E-state index is 0. The van der Waals surface area contributed by atoms with Crippen LogP contribution in [0.4, 0.5) is 0 Å². The quantitative estimate of drug-likeness (QED) is 0.579. The third-order valence-corrected chi connectivity index (χ3v) is 3.50. The molecule has 2 aromatic carbocycles. The molecule has 0 aromatic heterocycles. The maximum absolute atomic E-state index is 2.34. The van der Waals surface area contributed by atoms with Gasteiger partial charge in [0.25, 0.3) is 0 Å². The molecule has 1 heterocycles. The lowest BCUT2D eigenvalue weighted by Gasteiger charge is -2.20. The van der Waals surface area contributed by atoms with Crippen molar-refractivity contribution in [3.05, 3.63) is 46.8 Å². The molecule has 3 rings (SSSR count). The predicted molar refractivity (Wildman–Crippen MR) is 68.9 cm³/mol. The number of benzene rings is 2. The van der Waals surface area contributed by atoms with Crippen LogP contribution >= 0.6 is 0 Å². The lowest BCUT2D eigenvalue weighted by atomic mass is 10.1. The minimum absolute atomic E-state index is 0. The molecule has 17 heavy (non-hydrogen) atoms. The molecule has 1 aliphatic rings. The Balaban J connectivity index is 0.00000108. The van der Waals surface area contributed by atoms with E-state index in [1.807, 2.05) is 0 Å². The maximum atomic E-state index is 2.34. The summed E-state index contributed by atoms with van der Waals surface area (Å²) in [4.78, 5) is 0. The first-order chi connectivity index (χ1) is 7.70. The van der Waals surface area contributed by atoms with Gasteiger partial charge < -0.3 is 17.0 Å². The first-order valence-electron chi connectivity index (χ1n) is 5.80. The average Bonchev–Trinajstić information content (AvgIpc) is 2.62. The molecule has 2 heteroatoms. The fourth-order valence-electron chi connectivity index (χ4n) is 2.35. The van der Waals surface area contributed by atoms with Gasteiger partial charge in [0, 0.05) is 10.4 Å². The maximum Gasteiger partial charge on any atom is 0.108 e. The van der Waals surface area contributed by atoms with Crippen molar-refractivity contribution in [2.75, 3.05) is 13.6 Å². The smallest absolute Gasteiger partial charge is 0.108 e. The first kappa shape index (κ1) is 12.3. The summed E-state index contributed by atoms with van der Waals surface area (Å²) >= 11 is 0. The number of quaternary nitrogens is 1. The Hall–Kier alpha value is -1.12. The van der Waals surface area contributed by atoms with Crippen LogP contribution in [0, 0.1) is 0 Å². The molecule has 0 fully saturated rings. The second-order valence-corrected chi connectivity index (χ2v) is 4.75. The van der Waals surface area contributed by atoms with E-state index in [1.54, 1.807) is 0 Å². The van der Waals surface area contributed by atoms with E-state index in [1.165, 1.54) is 21.2 Å². The van der Waals surface area contributed by atoms with Crippen LogP contribution in [-0.2, 0) is 0 Å². The molecule has 0 radical (unpaired) electrons. The SMILES string of the molecule is CC[N+]1(C)C=c2cc3ccccc3cc2=C1.[Br-]. The Kier molecular flexibility index (Phi) is 3.11. The molecule has 0 unspecified atom stereocenters. The highest BCUT2D eigenvalue weighted by atomic mass is 79.9. The molecule has 0 atom stereocenters. The fourth-order valence-corrected chi connectivity index (χ4v) is 2.35. The van der Waals surface area contributed by atoms with Gasteiger partial charge in [0.1, 0.15) is 12.4 Å². The van der Waals surface area contributed by atoms with Crippen molar-refractivity contribution in [2.45, 2.75) is 6.92 Å². The highest BCUT2D eigenvalue weighted by molar-refractivity contribution is 5.82. The molecule has 0 aliphatic carbocycles. The molecule has 0 saturated heterocycles. The van der Waals surface area contributed by atoms with Crippen LogP contribution in [0.5, 0.6) is 0 Å². The van der Waals surface area contributed by atoms with Gasteiger partial charge in [-0.25, -0.2) is 0 Å². The van der Waals surface area contributed by atoms with Gasteiger partial charge in [0.05, 0.1) is 13.6 Å². The number of nitrogens with zero attached hydrogens (tertiary/aromatic N) is 1. The van der Waals surface area contributed by atoms with E-state index >= 15 is 0 Å². The second kappa shape index (κ2) is 4.28. The van der Waals surface area contributed by atoms with Crippen LogP contribution in [0.3, 0.4) is 0 Å². The summed E-state index contributed by atoms with van der Waals surface area (Å²) in [7, 11) is 2.24. The summed E-state index contributed by atoms with van der Waals surface area (Å²) in [5.41, 5.74) is 0. The molecule has 0 saturated carbocycles. The van der Waals surface area contributed by atoms with Crippen molar-refractivity contribution >= 4 is 23.2 Å². The molecule has 1 nitrogen and oxygen atoms in total. The number of hydrogen-bond acceptors (Lipinski definition) is 0. The number of halogens is 1. The normalized spacial score (nSPS) is 15.6. The highest BCUT2D eigenvalue weighted by Gasteiger charge is 2.17. The van der Waals surface area contributed by atoms with E-state index in [-0.39, 0.29) is 17.0 Å². The Labute approximate surface area is 112 Å². The third-order valence-electron chi connectivity index (χ3n) is 3.50. The first-order valence-corrected chi connectivity index (χ1v) is 5.80. The van der Waals surface area contributed by atoms with Gasteiger partial charge in [-0.05, 0) is 29.8 Å². The van der Waals surface area contributed by atoms with Gasteiger partial charge in [-0.2, -0.15) is 0 Å². The van der Waals surface area contributed by atoms with Crippen LogP contribution < -0.4 is 27.4 Å². The van der Waals surface area contributed by atoms with Crippen molar-refractivity contribution in [3.8, 4) is 0 Å². The average molecular weight is 290 g/mol. The molecular formula is C15H16BrN. The van der Waals surface area contributed by atoms with Crippen molar-refractivity contribution in [1.82, 2.24) is 0 Å². The van der Waals surface area contributed by atoms with Crippen LogP contribution in [0.2, 0.25) is 0 Å². The van der Waals surface area contributed by atoms with Crippen molar-refractivity contribution in [3.63, 3.8) is 0 Å². The number of fused-ring (bicyclic) bond motifs is 2. The molecule has 0 amide bonds. The number of rotatable bonds is 1. The Morgan fingerprint density at radius 2 is 1.41 bits per heavy atom. The van der Waals surface area contributed by atoms with Gasteiger partial charge in [0.2, 0.25) is 0 Å². The lowest BCUT2D eigenvalue weighted by Crippen LogP contribution is -3.00. The summed E-state index contributed by atoms with van der Waals surface area (Å²) in [5, 5.41) is 5.39. The second-order valence-electron chi connectivity index (χ2n) is 4.75. The monoisotopic (exact) mass is 289 g/mol. The topological polar surface area (TPSA) is 0 Å². The standard InChI is InChI=1S/C15H16N.BrH/c1-3-16(2)10-14-8-12-6-4-5-7-13(12)9-15(14)11-16;/h4-11H,3H2,1-2H3;1H/q+1;/p-1. The Bertz CT molecular complexity index is 618. The third kappa shape index (κ3) is 2.03. The van der Waals surface area contributed by atoms with Gasteiger partial charge >= 0.3 is 0 Å². The van der Waals surface area contributed by atoms with E-state index in [0.717, 1.165) is 11.0 Å². The van der Waals surface area contributed by atoms with Crippen LogP contribution in [-0.4, -0.2) is 18.1 Å². The largest absolute Gasteiger partial charge is 1.00 e. The van der Waals surface area contributed by atoms with Gasteiger partial charge in [-0.15, -0.1) is 0 Å². The van der Waals surface area contributed by atoms with Gasteiger partial charge in [0.15, 0.2) is 0 Å². The lowest BCUT2D eigenvalue weighted by molar-refractivity contribution is -0.743. The summed E-state index contributed by atoms with van der Waals surface area (Å²) in [5.74, 6) is 0. The van der Waals surface area contributed by atoms with Crippen LogP contribution in [0.15, 0.2) is 36.4 Å². The predicted octanol–water partition coefficient (Wildman–Crippen LogP) is -1.20. The van der Waals surface area contributed by atoms with Crippen LogP contribution in [0.1, 0.15) is 6.92 Å². The zero-order valence-corrected chi connectivity index (χ0v) is 11.7. The van der Waals surface area contributed by atoms with Crippen molar-refractivity contribution in [2.24, 2.45) is 0 Å². The molecule has 0 bridgehead atoms. The van der Waals surface area contributed by atoms with Gasteiger partial charge in [-0.1, -0.05) is 24.3 Å². The molecule has 88 valence electrons. The zero-order chi connectivity index (χ0) is 11.2. The summed E-state index contributed by atoms with van der Waals surface area (Å²) in [6.07, 6.45) is 4.67. The van der Waals surface area contributed by atoms with E-state index in [9.17, 15) is 0 Å². The molecule has 2 aromatic rings. The Morgan fingerprint density at radius 3 is 1.82 bits per heavy atom. The molecule has 0 spiro atoms. The summed E-state index contributed by atoms with van der Waals surface area (Å²) in [6.45, 7) is 3.32. The molecular weight excluding hydrogens is 274 g/mol. The van der Waals surface area contributed by atoms with E-state index in [2.05, 4.69) is 62.8 Å². The summed E-state index contributed by atoms with van der Waals surface area (Å²) in [6, 6.07) is 13.1. The molecule has 1 aliphatic heterocycles. The fraction of sp³-hybridized carbons (Fsp3) is 0.200. The van der Waals surface area contributed by atoms with E-state index in [0.29, 0.717) is 0 Å². The number of hydrogen-bond donors (Lipinski definition) is 0. The Morgan fingerprint density at radius 1 is 0.941 bits per heavy atom. The zero-order valence-electron chi connectivity index (χ0n) is 10.2. The van der Waals surface area contributed by atoms with Crippen LogP contribution in [0.25, 0.3) is 23.2 Å². The van der Waals surface area contributed by atoms with Gasteiger partial charge in [-0.3, -0.25) is 4.48 Å². The van der Waals surface area contributed by atoms with E-state index < -0.39 is 0 Å². The highest BCUT2D eigenvalue weighted by Crippen LogP contribution is 2.12. The molecule has 0 N–H and O–H groups in total. The minimum Gasteiger partial charge on any atom is -1.00 e.